The second-order valence-corrected chi connectivity index (χ2v) is 12.5. The minimum atomic E-state index is -5.38. The number of nitrogens with zero attached hydrogens (tertiary/aromatic N) is 3. The summed E-state index contributed by atoms with van der Waals surface area (Å²) in [5.74, 6) is -5.13. The lowest BCUT2D eigenvalue weighted by molar-refractivity contribution is -0.156. The van der Waals surface area contributed by atoms with Gasteiger partial charge >= 0.3 is 24.4 Å². The van der Waals surface area contributed by atoms with E-state index in [0.717, 1.165) is 19.1 Å². The fourth-order valence-electron chi connectivity index (χ4n) is 4.48. The lowest BCUT2D eigenvalue weighted by Gasteiger charge is -2.43. The van der Waals surface area contributed by atoms with E-state index in [2.05, 4.69) is 0 Å². The van der Waals surface area contributed by atoms with Crippen LogP contribution in [0.5, 0.6) is 0 Å². The Morgan fingerprint density at radius 3 is 2.13 bits per heavy atom. The maximum absolute atomic E-state index is 14.0. The minimum absolute atomic E-state index is 0.00678. The Morgan fingerprint density at radius 2 is 1.62 bits per heavy atom. The largest absolute Gasteiger partial charge is 0.459 e. The van der Waals surface area contributed by atoms with Gasteiger partial charge in [0.05, 0.1) is 34.5 Å². The Morgan fingerprint density at radius 1 is 1.02 bits per heavy atom. The third-order valence-electron chi connectivity index (χ3n) is 6.10. The molecule has 0 aromatic heterocycles. The summed E-state index contributed by atoms with van der Waals surface area (Å²) >= 11 is 0. The number of halogens is 6. The highest BCUT2D eigenvalue weighted by Crippen LogP contribution is 2.41. The molecule has 1 aliphatic heterocycles. The minimum Gasteiger partial charge on any atom is -0.459 e. The summed E-state index contributed by atoms with van der Waals surface area (Å²) in [7, 11) is -5.38. The molecule has 10 nitrogen and oxygen atoms in total. The Kier molecular flexibility index (Phi) is 9.63. The van der Waals surface area contributed by atoms with Crippen molar-refractivity contribution in [3.8, 4) is 6.07 Å². The van der Waals surface area contributed by atoms with Crippen molar-refractivity contribution in [3.63, 3.8) is 0 Å². The molecule has 0 aliphatic carbocycles. The molecule has 0 bridgehead atoms. The number of amides is 3. The van der Waals surface area contributed by atoms with Gasteiger partial charge < -0.3 is 9.64 Å². The van der Waals surface area contributed by atoms with Crippen molar-refractivity contribution in [2.45, 2.75) is 51.7 Å². The van der Waals surface area contributed by atoms with Gasteiger partial charge in [0, 0.05) is 5.70 Å². The van der Waals surface area contributed by atoms with E-state index in [1.54, 1.807) is 0 Å². The van der Waals surface area contributed by atoms with Gasteiger partial charge in [-0.15, -0.1) is 0 Å². The highest BCUT2D eigenvalue weighted by atomic mass is 32.2. The van der Waals surface area contributed by atoms with Gasteiger partial charge in [0.25, 0.3) is 5.91 Å². The van der Waals surface area contributed by atoms with Gasteiger partial charge in [0.1, 0.15) is 12.1 Å². The number of ether oxygens (including phenoxy) is 1. The summed E-state index contributed by atoms with van der Waals surface area (Å²) in [6, 6.07) is 7.33. The molecular weight excluding hydrogens is 634 g/mol. The molecule has 45 heavy (non-hydrogen) atoms. The molecule has 1 heterocycles. The van der Waals surface area contributed by atoms with Crippen molar-refractivity contribution in [2.24, 2.45) is 0 Å². The standard InChI is InChI=1S/C28H26F6N4O6S/c1-16-22(24(40)36-45(42,43)15-27(29,30)31)23(18-10-8-17(13-35)9-11-18)37(14-21(39)44-26(2,3)4)25(41)38(16)20-7-5-6-19(12-20)28(32,33)34/h5-12,23H,14-15H2,1-4H3,(H,36,40). The third kappa shape index (κ3) is 8.75. The van der Waals surface area contributed by atoms with Gasteiger partial charge in [-0.3, -0.25) is 14.5 Å². The molecule has 1 atom stereocenters. The number of esters is 1. The average molecular weight is 661 g/mol. The van der Waals surface area contributed by atoms with Crippen molar-refractivity contribution in [1.29, 1.82) is 5.26 Å². The second-order valence-electron chi connectivity index (χ2n) is 10.8. The first kappa shape index (κ1) is 34.9. The van der Waals surface area contributed by atoms with E-state index in [1.807, 2.05) is 6.07 Å². The number of nitriles is 1. The fraction of sp³-hybridized carbons (Fsp3) is 0.357. The second kappa shape index (κ2) is 12.4. The third-order valence-corrected chi connectivity index (χ3v) is 7.30. The Hall–Kier alpha value is -4.59. The Labute approximate surface area is 253 Å². The number of carbonyl (C=O) groups is 3. The molecule has 0 spiro atoms. The van der Waals surface area contributed by atoms with Crippen LogP contribution in [0.1, 0.15) is 50.4 Å². The maximum atomic E-state index is 14.0. The number of hydrogen-bond donors (Lipinski definition) is 1. The number of allylic oxidation sites excluding steroid dienone is 1. The highest BCUT2D eigenvalue weighted by Gasteiger charge is 2.45. The van der Waals surface area contributed by atoms with Crippen LogP contribution in [-0.2, 0) is 30.5 Å². The number of urea groups is 1. The predicted octanol–water partition coefficient (Wildman–Crippen LogP) is 5.18. The van der Waals surface area contributed by atoms with E-state index in [4.69, 9.17) is 4.74 Å². The monoisotopic (exact) mass is 660 g/mol. The molecule has 2 aromatic rings. The van der Waals surface area contributed by atoms with Gasteiger partial charge in [-0.05, 0) is 63.6 Å². The zero-order chi connectivity index (χ0) is 34.1. The number of anilines is 1. The molecule has 3 rings (SSSR count). The van der Waals surface area contributed by atoms with Gasteiger partial charge in [-0.25, -0.2) is 17.9 Å². The van der Waals surface area contributed by atoms with Crippen LogP contribution in [0.15, 0.2) is 59.8 Å². The molecular formula is C28H26F6N4O6S. The van der Waals surface area contributed by atoms with Gasteiger partial charge in [-0.2, -0.15) is 31.6 Å². The van der Waals surface area contributed by atoms with Gasteiger partial charge in [0.15, 0.2) is 5.75 Å². The number of sulfonamides is 1. The number of rotatable bonds is 7. The van der Waals surface area contributed by atoms with Crippen molar-refractivity contribution < 1.29 is 53.9 Å². The first-order valence-corrected chi connectivity index (χ1v) is 14.5. The van der Waals surface area contributed by atoms with Crippen molar-refractivity contribution in [2.75, 3.05) is 17.2 Å². The van der Waals surface area contributed by atoms with Gasteiger partial charge in [0.2, 0.25) is 10.0 Å². The lowest BCUT2D eigenvalue weighted by Crippen LogP contribution is -2.54. The lowest BCUT2D eigenvalue weighted by atomic mass is 9.91. The first-order valence-electron chi connectivity index (χ1n) is 12.9. The molecule has 0 fully saturated rings. The van der Waals surface area contributed by atoms with Crippen LogP contribution in [0.4, 0.5) is 36.8 Å². The zero-order valence-electron chi connectivity index (χ0n) is 24.1. The van der Waals surface area contributed by atoms with Crippen molar-refractivity contribution in [3.05, 3.63) is 76.5 Å². The first-order chi connectivity index (χ1) is 20.5. The Bertz CT molecular complexity index is 1670. The number of carbonyl (C=O) groups excluding carboxylic acids is 3. The molecule has 0 saturated carbocycles. The van der Waals surface area contributed by atoms with Gasteiger partial charge in [-0.1, -0.05) is 18.2 Å². The molecule has 2 aromatic carbocycles. The summed E-state index contributed by atoms with van der Waals surface area (Å²) in [6.07, 6.45) is -10.1. The highest BCUT2D eigenvalue weighted by molar-refractivity contribution is 7.90. The van der Waals surface area contributed by atoms with E-state index in [0.29, 0.717) is 21.9 Å². The van der Waals surface area contributed by atoms with Crippen molar-refractivity contribution >= 4 is 33.6 Å². The molecule has 17 heteroatoms. The maximum Gasteiger partial charge on any atom is 0.416 e. The SMILES string of the molecule is CC1=C(C(=O)NS(=O)(=O)CC(F)(F)F)C(c2ccc(C#N)cc2)N(CC(=O)OC(C)(C)C)C(=O)N1c1cccc(C(F)(F)F)c1. The predicted molar refractivity (Wildman–Crippen MR) is 146 cm³/mol. The van der Waals surface area contributed by atoms with Crippen molar-refractivity contribution in [1.82, 2.24) is 9.62 Å². The summed E-state index contributed by atoms with van der Waals surface area (Å²) in [5.41, 5.74) is -3.76. The number of nitrogens with one attached hydrogen (secondary N) is 1. The Balaban J connectivity index is 2.32. The molecule has 242 valence electrons. The van der Waals surface area contributed by atoms with E-state index < -0.39 is 86.7 Å². The molecule has 1 aliphatic rings. The van der Waals surface area contributed by atoms with Crippen LogP contribution < -0.4 is 9.62 Å². The van der Waals surface area contributed by atoms with E-state index in [9.17, 15) is 54.4 Å². The normalized spacial score (nSPS) is 16.4. The van der Waals surface area contributed by atoms with Crippen LogP contribution >= 0.6 is 0 Å². The average Bonchev–Trinajstić information content (AvgIpc) is 2.87. The van der Waals surface area contributed by atoms with E-state index in [-0.39, 0.29) is 11.1 Å². The smallest absolute Gasteiger partial charge is 0.416 e. The van der Waals surface area contributed by atoms with Crippen LogP contribution in [0, 0.1) is 11.3 Å². The van der Waals surface area contributed by atoms with Crippen LogP contribution in [-0.4, -0.2) is 55.3 Å². The zero-order valence-corrected chi connectivity index (χ0v) is 24.9. The summed E-state index contributed by atoms with van der Waals surface area (Å²) in [5, 5.41) is 9.21. The summed E-state index contributed by atoms with van der Waals surface area (Å²) in [6.45, 7) is 4.65. The molecule has 0 radical (unpaired) electrons. The van der Waals surface area contributed by atoms with E-state index >= 15 is 0 Å². The summed E-state index contributed by atoms with van der Waals surface area (Å²) < 4.78 is 111. The number of benzene rings is 2. The molecule has 1 N–H and O–H groups in total. The van der Waals surface area contributed by atoms with Crippen LogP contribution in [0.2, 0.25) is 0 Å². The summed E-state index contributed by atoms with van der Waals surface area (Å²) in [4.78, 5) is 41.8. The quantitative estimate of drug-likeness (QED) is 0.319. The topological polar surface area (TPSA) is 137 Å². The van der Waals surface area contributed by atoms with Crippen LogP contribution in [0.3, 0.4) is 0 Å². The van der Waals surface area contributed by atoms with Crippen LogP contribution in [0.25, 0.3) is 0 Å². The number of hydrogen-bond acceptors (Lipinski definition) is 7. The molecule has 1 unspecified atom stereocenters. The fourth-order valence-corrected chi connectivity index (χ4v) is 5.37. The number of alkyl halides is 6. The molecule has 0 saturated heterocycles. The molecule has 3 amide bonds. The van der Waals surface area contributed by atoms with E-state index in [1.165, 1.54) is 49.8 Å².